The van der Waals surface area contributed by atoms with Gasteiger partial charge in [0.1, 0.15) is 0 Å². The van der Waals surface area contributed by atoms with Crippen molar-refractivity contribution in [2.75, 3.05) is 0 Å². The fourth-order valence-corrected chi connectivity index (χ4v) is 0.787. The van der Waals surface area contributed by atoms with Crippen LogP contribution in [0.5, 0.6) is 0 Å². The molecule has 0 aliphatic rings. The normalized spacial score (nSPS) is 8.10. The van der Waals surface area contributed by atoms with E-state index in [1.165, 1.54) is 0 Å². The maximum absolute atomic E-state index is 5.12. The minimum Gasteiger partial charge on any atom is -0.267 e. The molecular weight excluding hydrogens is 142 g/mol. The molecule has 1 aromatic carbocycles. The molecule has 0 aromatic heterocycles. The first-order valence-corrected chi connectivity index (χ1v) is 3.73. The lowest BCUT2D eigenvalue weighted by atomic mass is 10.2. The molecular formula is C8H7NS. The van der Waals surface area contributed by atoms with E-state index in [4.69, 9.17) is 5.14 Å². The first-order chi connectivity index (χ1) is 4.93. The molecule has 2 N–H and O–H groups in total. The van der Waals surface area contributed by atoms with E-state index in [9.17, 15) is 0 Å². The molecule has 0 amide bonds. The standard InChI is InChI=1S/C8H7NS/c9-10-7-6-8-4-2-1-3-5-8/h1-5H,9H2. The van der Waals surface area contributed by atoms with Gasteiger partial charge in [-0.15, -0.1) is 0 Å². The van der Waals surface area contributed by atoms with E-state index in [0.29, 0.717) is 0 Å². The Balaban J connectivity index is 2.76. The summed E-state index contributed by atoms with van der Waals surface area (Å²) in [5.41, 5.74) is 1.00. The topological polar surface area (TPSA) is 26.0 Å². The van der Waals surface area contributed by atoms with E-state index in [1.54, 1.807) is 0 Å². The molecule has 0 heterocycles. The summed E-state index contributed by atoms with van der Waals surface area (Å²) in [5, 5.41) is 7.83. The third-order valence-electron chi connectivity index (χ3n) is 1.03. The second-order valence-corrected chi connectivity index (χ2v) is 2.15. The van der Waals surface area contributed by atoms with Crippen LogP contribution < -0.4 is 5.14 Å². The SMILES string of the molecule is NSC#Cc1ccccc1. The molecule has 10 heavy (non-hydrogen) atoms. The fourth-order valence-electron chi connectivity index (χ4n) is 0.610. The van der Waals surface area contributed by atoms with Crippen LogP contribution in [0.25, 0.3) is 0 Å². The number of hydrogen-bond acceptors (Lipinski definition) is 2. The van der Waals surface area contributed by atoms with Crippen LogP contribution in [0.15, 0.2) is 30.3 Å². The van der Waals surface area contributed by atoms with Crippen LogP contribution in [0.1, 0.15) is 5.56 Å². The molecule has 0 bridgehead atoms. The molecule has 0 radical (unpaired) electrons. The zero-order valence-electron chi connectivity index (χ0n) is 5.37. The van der Waals surface area contributed by atoms with Crippen LogP contribution in [0.3, 0.4) is 0 Å². The molecule has 0 aliphatic carbocycles. The van der Waals surface area contributed by atoms with E-state index in [2.05, 4.69) is 11.2 Å². The van der Waals surface area contributed by atoms with Gasteiger partial charge in [-0.3, -0.25) is 5.14 Å². The van der Waals surface area contributed by atoms with Gasteiger partial charge in [-0.2, -0.15) is 0 Å². The first-order valence-electron chi connectivity index (χ1n) is 2.85. The summed E-state index contributed by atoms with van der Waals surface area (Å²) in [6.07, 6.45) is 0. The summed E-state index contributed by atoms with van der Waals surface area (Å²) in [5.74, 6) is 2.88. The molecule has 0 saturated carbocycles. The average Bonchev–Trinajstić information content (AvgIpc) is 2.03. The smallest absolute Gasteiger partial charge is 0.0254 e. The highest BCUT2D eigenvalue weighted by molar-refractivity contribution is 8.01. The summed E-state index contributed by atoms with van der Waals surface area (Å²) in [7, 11) is 0. The van der Waals surface area contributed by atoms with E-state index in [0.717, 1.165) is 17.5 Å². The minimum atomic E-state index is 1.00. The third-order valence-corrected chi connectivity index (χ3v) is 1.25. The summed E-state index contributed by atoms with van der Waals surface area (Å²) < 4.78 is 0. The van der Waals surface area contributed by atoms with Gasteiger partial charge >= 0.3 is 0 Å². The summed E-state index contributed by atoms with van der Waals surface area (Å²) in [4.78, 5) is 0. The summed E-state index contributed by atoms with van der Waals surface area (Å²) >= 11 is 1.04. The van der Waals surface area contributed by atoms with E-state index < -0.39 is 0 Å². The predicted molar refractivity (Wildman–Crippen MR) is 45.1 cm³/mol. The monoisotopic (exact) mass is 149 g/mol. The Labute approximate surface area is 64.8 Å². The van der Waals surface area contributed by atoms with Crippen LogP contribution in [0, 0.1) is 11.2 Å². The molecule has 0 saturated heterocycles. The highest BCUT2D eigenvalue weighted by Gasteiger charge is 1.78. The number of nitrogens with two attached hydrogens (primary N) is 1. The number of hydrogen-bond donors (Lipinski definition) is 1. The van der Waals surface area contributed by atoms with Gasteiger partial charge < -0.3 is 0 Å². The second kappa shape index (κ2) is 3.99. The Kier molecular flexibility index (Phi) is 2.88. The molecule has 0 fully saturated rings. The maximum atomic E-state index is 5.12. The van der Waals surface area contributed by atoms with E-state index in [-0.39, 0.29) is 0 Å². The zero-order chi connectivity index (χ0) is 7.23. The van der Waals surface area contributed by atoms with Gasteiger partial charge in [0, 0.05) is 17.5 Å². The predicted octanol–water partition coefficient (Wildman–Crippen LogP) is 1.60. The van der Waals surface area contributed by atoms with Crippen LogP contribution in [0.4, 0.5) is 0 Å². The highest BCUT2D eigenvalue weighted by Crippen LogP contribution is 1.95. The van der Waals surface area contributed by atoms with Gasteiger partial charge in [0.25, 0.3) is 0 Å². The molecule has 2 heteroatoms. The number of benzene rings is 1. The molecule has 50 valence electrons. The van der Waals surface area contributed by atoms with Gasteiger partial charge in [-0.1, -0.05) is 24.1 Å². The van der Waals surface area contributed by atoms with Crippen LogP contribution in [-0.2, 0) is 0 Å². The first kappa shape index (κ1) is 7.20. The third kappa shape index (κ3) is 2.14. The van der Waals surface area contributed by atoms with Gasteiger partial charge in [-0.25, -0.2) is 0 Å². The second-order valence-electron chi connectivity index (χ2n) is 1.71. The Morgan fingerprint density at radius 3 is 2.50 bits per heavy atom. The molecule has 0 aliphatic heterocycles. The van der Waals surface area contributed by atoms with Crippen molar-refractivity contribution in [3.63, 3.8) is 0 Å². The van der Waals surface area contributed by atoms with Crippen LogP contribution in [-0.4, -0.2) is 0 Å². The number of rotatable bonds is 0. The van der Waals surface area contributed by atoms with Gasteiger partial charge in [0.2, 0.25) is 0 Å². The molecule has 0 atom stereocenters. The summed E-state index contributed by atoms with van der Waals surface area (Å²) in [6, 6.07) is 9.75. The summed E-state index contributed by atoms with van der Waals surface area (Å²) in [6.45, 7) is 0. The van der Waals surface area contributed by atoms with Crippen molar-refractivity contribution < 1.29 is 0 Å². The Morgan fingerprint density at radius 1 is 1.20 bits per heavy atom. The van der Waals surface area contributed by atoms with Gasteiger partial charge in [0.15, 0.2) is 0 Å². The van der Waals surface area contributed by atoms with Gasteiger partial charge in [0.05, 0.1) is 0 Å². The van der Waals surface area contributed by atoms with Crippen molar-refractivity contribution in [2.24, 2.45) is 5.14 Å². The average molecular weight is 149 g/mol. The molecule has 0 spiro atoms. The van der Waals surface area contributed by atoms with Crippen molar-refractivity contribution in [2.45, 2.75) is 0 Å². The maximum Gasteiger partial charge on any atom is 0.0254 e. The lowest BCUT2D eigenvalue weighted by Gasteiger charge is -1.84. The molecule has 1 aromatic rings. The fraction of sp³-hybridized carbons (Fsp3) is 0. The highest BCUT2D eigenvalue weighted by atomic mass is 32.2. The molecule has 0 unspecified atom stereocenters. The molecule has 1 rings (SSSR count). The quantitative estimate of drug-likeness (QED) is 0.448. The van der Waals surface area contributed by atoms with Crippen molar-refractivity contribution in [1.29, 1.82) is 0 Å². The molecule has 1 nitrogen and oxygen atoms in total. The van der Waals surface area contributed by atoms with Crippen molar-refractivity contribution in [3.8, 4) is 11.2 Å². The Bertz CT molecular complexity index is 245. The van der Waals surface area contributed by atoms with E-state index >= 15 is 0 Å². The van der Waals surface area contributed by atoms with Crippen molar-refractivity contribution >= 4 is 11.9 Å². The largest absolute Gasteiger partial charge is 0.267 e. The van der Waals surface area contributed by atoms with Crippen molar-refractivity contribution in [3.05, 3.63) is 35.9 Å². The zero-order valence-corrected chi connectivity index (χ0v) is 6.19. The lowest BCUT2D eigenvalue weighted by Crippen LogP contribution is -1.72. The van der Waals surface area contributed by atoms with E-state index in [1.807, 2.05) is 30.3 Å². The minimum absolute atomic E-state index is 1.00. The van der Waals surface area contributed by atoms with Crippen molar-refractivity contribution in [1.82, 2.24) is 0 Å². The Morgan fingerprint density at radius 2 is 1.90 bits per heavy atom. The van der Waals surface area contributed by atoms with Crippen LogP contribution in [0.2, 0.25) is 0 Å². The lowest BCUT2D eigenvalue weighted by molar-refractivity contribution is 1.65. The Hall–Kier alpha value is -0.910. The van der Waals surface area contributed by atoms with Gasteiger partial charge in [-0.05, 0) is 17.4 Å². The van der Waals surface area contributed by atoms with Crippen LogP contribution >= 0.6 is 11.9 Å².